The van der Waals surface area contributed by atoms with Gasteiger partial charge < -0.3 is 5.32 Å². The minimum absolute atomic E-state index is 0.0563. The summed E-state index contributed by atoms with van der Waals surface area (Å²) in [6.45, 7) is 6.73. The Morgan fingerprint density at radius 3 is 2.44 bits per heavy atom. The summed E-state index contributed by atoms with van der Waals surface area (Å²) in [6.07, 6.45) is 0.959. The first kappa shape index (κ1) is 15.2. The van der Waals surface area contributed by atoms with Gasteiger partial charge in [-0.1, -0.05) is 35.0 Å². The van der Waals surface area contributed by atoms with Crippen LogP contribution in [-0.4, -0.2) is 18.5 Å². The molecule has 1 unspecified atom stereocenters. The van der Waals surface area contributed by atoms with Crippen LogP contribution >= 0.6 is 15.9 Å². The first-order valence-corrected chi connectivity index (χ1v) is 7.13. The number of benzene rings is 1. The average Bonchev–Trinajstić information content (AvgIpc) is 2.36. The van der Waals surface area contributed by atoms with E-state index >= 15 is 0 Å². The van der Waals surface area contributed by atoms with E-state index in [1.165, 1.54) is 5.56 Å². The van der Waals surface area contributed by atoms with E-state index in [9.17, 15) is 4.79 Å². The van der Waals surface area contributed by atoms with E-state index in [0.717, 1.165) is 17.4 Å². The fourth-order valence-electron chi connectivity index (χ4n) is 1.70. The van der Waals surface area contributed by atoms with E-state index < -0.39 is 0 Å². The first-order chi connectivity index (χ1) is 8.54. The van der Waals surface area contributed by atoms with Crippen molar-refractivity contribution in [2.24, 2.45) is 0 Å². The molecule has 0 aliphatic heterocycles. The van der Waals surface area contributed by atoms with Gasteiger partial charge in [0.2, 0.25) is 5.91 Å². The van der Waals surface area contributed by atoms with Crippen molar-refractivity contribution in [1.82, 2.24) is 10.6 Å². The Bertz CT molecular complexity index is 378. The summed E-state index contributed by atoms with van der Waals surface area (Å²) < 4.78 is 1.06. The van der Waals surface area contributed by atoms with Crippen LogP contribution in [0.4, 0.5) is 0 Å². The number of amides is 1. The molecular formula is C14H21BrN2O. The summed E-state index contributed by atoms with van der Waals surface area (Å²) in [7, 11) is 0. The summed E-state index contributed by atoms with van der Waals surface area (Å²) in [5, 5.41) is 6.19. The number of nitrogens with one attached hydrogen (secondary N) is 2. The van der Waals surface area contributed by atoms with Crippen LogP contribution in [0.1, 0.15) is 38.8 Å². The molecule has 0 bridgehead atoms. The molecule has 2 N–H and O–H groups in total. The number of hydrogen-bond donors (Lipinski definition) is 2. The normalized spacial score (nSPS) is 14.0. The van der Waals surface area contributed by atoms with Gasteiger partial charge in [-0.3, -0.25) is 10.1 Å². The highest BCUT2D eigenvalue weighted by molar-refractivity contribution is 9.10. The molecule has 2 atom stereocenters. The van der Waals surface area contributed by atoms with Crippen LogP contribution in [0, 0.1) is 0 Å². The molecule has 0 saturated heterocycles. The van der Waals surface area contributed by atoms with E-state index in [1.54, 1.807) is 0 Å². The van der Waals surface area contributed by atoms with Crippen molar-refractivity contribution in [3.05, 3.63) is 34.3 Å². The number of hydrogen-bond acceptors (Lipinski definition) is 2. The van der Waals surface area contributed by atoms with Crippen molar-refractivity contribution in [1.29, 1.82) is 0 Å². The molecule has 18 heavy (non-hydrogen) atoms. The van der Waals surface area contributed by atoms with Crippen LogP contribution in [0.25, 0.3) is 0 Å². The Hall–Kier alpha value is -0.870. The lowest BCUT2D eigenvalue weighted by molar-refractivity contribution is -0.122. The Morgan fingerprint density at radius 1 is 1.28 bits per heavy atom. The minimum atomic E-state index is -0.185. The number of carbonyl (C=O) groups is 1. The highest BCUT2D eigenvalue weighted by Crippen LogP contribution is 2.16. The van der Waals surface area contributed by atoms with E-state index in [2.05, 4.69) is 45.6 Å². The van der Waals surface area contributed by atoms with Gasteiger partial charge in [-0.05, 0) is 38.0 Å². The third-order valence-corrected chi connectivity index (χ3v) is 3.34. The molecule has 0 spiro atoms. The van der Waals surface area contributed by atoms with Crippen LogP contribution in [0.3, 0.4) is 0 Å². The molecule has 0 heterocycles. The fraction of sp³-hybridized carbons (Fsp3) is 0.500. The molecule has 1 rings (SSSR count). The van der Waals surface area contributed by atoms with Gasteiger partial charge in [0, 0.05) is 17.1 Å². The van der Waals surface area contributed by atoms with Crippen molar-refractivity contribution in [2.45, 2.75) is 39.3 Å². The van der Waals surface area contributed by atoms with Crippen molar-refractivity contribution in [3.63, 3.8) is 0 Å². The average molecular weight is 313 g/mol. The summed E-state index contributed by atoms with van der Waals surface area (Å²) in [5.74, 6) is 0.0563. The topological polar surface area (TPSA) is 41.1 Å². The van der Waals surface area contributed by atoms with Gasteiger partial charge >= 0.3 is 0 Å². The molecule has 1 aromatic rings. The van der Waals surface area contributed by atoms with Crippen LogP contribution in [0.2, 0.25) is 0 Å². The monoisotopic (exact) mass is 312 g/mol. The van der Waals surface area contributed by atoms with Gasteiger partial charge in [-0.15, -0.1) is 0 Å². The maximum atomic E-state index is 11.7. The third-order valence-electron chi connectivity index (χ3n) is 2.81. The van der Waals surface area contributed by atoms with Crippen LogP contribution < -0.4 is 10.6 Å². The minimum Gasteiger partial charge on any atom is -0.355 e. The molecule has 0 saturated carbocycles. The van der Waals surface area contributed by atoms with Gasteiger partial charge in [0.15, 0.2) is 0 Å². The van der Waals surface area contributed by atoms with Crippen molar-refractivity contribution < 1.29 is 4.79 Å². The molecule has 0 radical (unpaired) electrons. The summed E-state index contributed by atoms with van der Waals surface area (Å²) in [5.41, 5.74) is 1.17. The predicted molar refractivity (Wildman–Crippen MR) is 78.5 cm³/mol. The lowest BCUT2D eigenvalue weighted by Crippen LogP contribution is -2.43. The Balaban J connectivity index is 2.50. The first-order valence-electron chi connectivity index (χ1n) is 6.33. The largest absolute Gasteiger partial charge is 0.355 e. The lowest BCUT2D eigenvalue weighted by Gasteiger charge is -2.20. The van der Waals surface area contributed by atoms with Gasteiger partial charge in [0.05, 0.1) is 6.04 Å². The maximum Gasteiger partial charge on any atom is 0.236 e. The maximum absolute atomic E-state index is 11.7. The van der Waals surface area contributed by atoms with Crippen LogP contribution in [0.15, 0.2) is 28.7 Å². The SMILES string of the molecule is CCCNC(=O)C(C)N[C@@H](C)c1ccc(Br)cc1. The Kier molecular flexibility index (Phi) is 6.36. The van der Waals surface area contributed by atoms with Crippen molar-refractivity contribution >= 4 is 21.8 Å². The smallest absolute Gasteiger partial charge is 0.236 e. The molecule has 0 aliphatic carbocycles. The fourth-order valence-corrected chi connectivity index (χ4v) is 1.96. The van der Waals surface area contributed by atoms with Crippen molar-refractivity contribution in [3.8, 4) is 0 Å². The summed E-state index contributed by atoms with van der Waals surface area (Å²) in [6, 6.07) is 8.09. The van der Waals surface area contributed by atoms with E-state index in [-0.39, 0.29) is 18.0 Å². The van der Waals surface area contributed by atoms with Crippen LogP contribution in [0.5, 0.6) is 0 Å². The van der Waals surface area contributed by atoms with Gasteiger partial charge in [0.1, 0.15) is 0 Å². The molecule has 0 fully saturated rings. The molecule has 4 heteroatoms. The number of carbonyl (C=O) groups excluding carboxylic acids is 1. The zero-order valence-electron chi connectivity index (χ0n) is 11.2. The standard InChI is InChI=1S/C14H21BrN2O/c1-4-9-16-14(18)11(3)17-10(2)12-5-7-13(15)8-6-12/h5-8,10-11,17H,4,9H2,1-3H3,(H,16,18)/t10-,11?/m0/s1. The van der Waals surface area contributed by atoms with Crippen molar-refractivity contribution in [2.75, 3.05) is 6.54 Å². The lowest BCUT2D eigenvalue weighted by atomic mass is 10.1. The number of rotatable bonds is 6. The Labute approximate surface area is 117 Å². The van der Waals surface area contributed by atoms with Gasteiger partial charge in [-0.25, -0.2) is 0 Å². The summed E-state index contributed by atoms with van der Waals surface area (Å²) >= 11 is 3.41. The Morgan fingerprint density at radius 2 is 1.89 bits per heavy atom. The summed E-state index contributed by atoms with van der Waals surface area (Å²) in [4.78, 5) is 11.7. The van der Waals surface area contributed by atoms with Gasteiger partial charge in [-0.2, -0.15) is 0 Å². The molecule has 100 valence electrons. The second-order valence-electron chi connectivity index (χ2n) is 4.45. The highest BCUT2D eigenvalue weighted by Gasteiger charge is 2.15. The second-order valence-corrected chi connectivity index (χ2v) is 5.37. The van der Waals surface area contributed by atoms with E-state index in [1.807, 2.05) is 26.0 Å². The van der Waals surface area contributed by atoms with Crippen LogP contribution in [-0.2, 0) is 4.79 Å². The van der Waals surface area contributed by atoms with Gasteiger partial charge in [0.25, 0.3) is 0 Å². The second kappa shape index (κ2) is 7.54. The van der Waals surface area contributed by atoms with E-state index in [0.29, 0.717) is 0 Å². The zero-order valence-corrected chi connectivity index (χ0v) is 12.8. The third kappa shape index (κ3) is 4.78. The predicted octanol–water partition coefficient (Wildman–Crippen LogP) is 3.01. The zero-order chi connectivity index (χ0) is 13.5. The molecule has 3 nitrogen and oxygen atoms in total. The van der Waals surface area contributed by atoms with E-state index in [4.69, 9.17) is 0 Å². The number of halogens is 1. The molecule has 1 aromatic carbocycles. The molecular weight excluding hydrogens is 292 g/mol. The quantitative estimate of drug-likeness (QED) is 0.847. The molecule has 0 aliphatic rings. The molecule has 0 aromatic heterocycles. The highest BCUT2D eigenvalue weighted by atomic mass is 79.9. The molecule has 1 amide bonds.